The summed E-state index contributed by atoms with van der Waals surface area (Å²) < 4.78 is 14.8. The van der Waals surface area contributed by atoms with E-state index in [1.54, 1.807) is 36.4 Å². The highest BCUT2D eigenvalue weighted by Gasteiger charge is 2.26. The van der Waals surface area contributed by atoms with Gasteiger partial charge in [0.15, 0.2) is 0 Å². The molecule has 7 heteroatoms. The summed E-state index contributed by atoms with van der Waals surface area (Å²) in [7, 11) is 0. The summed E-state index contributed by atoms with van der Waals surface area (Å²) in [6, 6.07) is 6.52. The van der Waals surface area contributed by atoms with E-state index in [0.29, 0.717) is 43.3 Å². The second kappa shape index (κ2) is 11.9. The Morgan fingerprint density at radius 3 is 2.52 bits per heavy atom. The molecule has 31 heavy (non-hydrogen) atoms. The summed E-state index contributed by atoms with van der Waals surface area (Å²) in [5, 5.41) is 12.3. The van der Waals surface area contributed by atoms with Crippen molar-refractivity contribution in [2.45, 2.75) is 32.7 Å². The Morgan fingerprint density at radius 1 is 1.29 bits per heavy atom. The van der Waals surface area contributed by atoms with Crippen LogP contribution in [0.4, 0.5) is 15.8 Å². The molecule has 1 atom stereocenters. The number of hydrogen-bond donors (Lipinski definition) is 2. The maximum absolute atomic E-state index is 14.8. The minimum atomic E-state index is -0.524. The number of nitrogens with two attached hydrogens (primary N) is 1. The van der Waals surface area contributed by atoms with E-state index < -0.39 is 6.04 Å². The molecule has 6 nitrogen and oxygen atoms in total. The second-order valence-electron chi connectivity index (χ2n) is 7.51. The van der Waals surface area contributed by atoms with Crippen LogP contribution in [0.3, 0.4) is 0 Å². The Hall–Kier alpha value is -3.11. The zero-order valence-electron chi connectivity index (χ0n) is 18.4. The molecule has 1 aliphatic rings. The predicted molar refractivity (Wildman–Crippen MR) is 124 cm³/mol. The van der Waals surface area contributed by atoms with Gasteiger partial charge in [-0.25, -0.2) is 4.39 Å². The van der Waals surface area contributed by atoms with E-state index >= 15 is 0 Å². The highest BCUT2D eigenvalue weighted by atomic mass is 19.1. The molecule has 0 radical (unpaired) electrons. The Bertz CT molecular complexity index is 861. The summed E-state index contributed by atoms with van der Waals surface area (Å²) >= 11 is 0. The Morgan fingerprint density at radius 2 is 1.97 bits per heavy atom. The van der Waals surface area contributed by atoms with Crippen LogP contribution in [0.2, 0.25) is 0 Å². The van der Waals surface area contributed by atoms with Crippen LogP contribution in [-0.2, 0) is 4.79 Å². The molecule has 1 aliphatic heterocycles. The number of nitrogens with zero attached hydrogens (tertiary/aromatic N) is 3. The van der Waals surface area contributed by atoms with E-state index in [-0.39, 0.29) is 17.6 Å². The average molecular weight is 426 g/mol. The fraction of sp³-hybridized carbons (Fsp3) is 0.417. The van der Waals surface area contributed by atoms with Crippen molar-refractivity contribution in [1.82, 2.24) is 4.90 Å². The first kappa shape index (κ1) is 24.2. The molecule has 0 saturated carbocycles. The van der Waals surface area contributed by atoms with Gasteiger partial charge in [0, 0.05) is 43.5 Å². The topological polar surface area (TPSA) is 85.4 Å². The average Bonchev–Trinajstić information content (AvgIpc) is 2.76. The summed E-state index contributed by atoms with van der Waals surface area (Å²) in [5.41, 5.74) is 7.50. The van der Waals surface area contributed by atoms with Crippen LogP contribution in [0.1, 0.15) is 26.7 Å². The van der Waals surface area contributed by atoms with Gasteiger partial charge in [-0.1, -0.05) is 38.7 Å². The van der Waals surface area contributed by atoms with Crippen LogP contribution >= 0.6 is 0 Å². The SMILES string of the molecule is C=C/C=C\C=C(/N)C(C#N)N1CCN(c2ccc(NC(=O)C(CC)CC)cc2F)CC1. The number of anilines is 2. The Kier molecular flexibility index (Phi) is 9.29. The highest BCUT2D eigenvalue weighted by molar-refractivity contribution is 5.92. The third kappa shape index (κ3) is 6.43. The van der Waals surface area contributed by atoms with Gasteiger partial charge < -0.3 is 16.0 Å². The number of nitrogens with one attached hydrogen (secondary N) is 1. The smallest absolute Gasteiger partial charge is 0.227 e. The van der Waals surface area contributed by atoms with Crippen LogP contribution in [0.15, 0.2) is 54.8 Å². The van der Waals surface area contributed by atoms with Gasteiger partial charge in [-0.15, -0.1) is 0 Å². The van der Waals surface area contributed by atoms with Gasteiger partial charge in [0.1, 0.15) is 11.9 Å². The molecule has 1 aromatic rings. The van der Waals surface area contributed by atoms with Gasteiger partial charge in [0.2, 0.25) is 5.91 Å². The van der Waals surface area contributed by atoms with E-state index in [2.05, 4.69) is 18.0 Å². The zero-order valence-corrected chi connectivity index (χ0v) is 18.4. The second-order valence-corrected chi connectivity index (χ2v) is 7.51. The van der Waals surface area contributed by atoms with Crippen molar-refractivity contribution >= 4 is 17.3 Å². The number of amides is 1. The highest BCUT2D eigenvalue weighted by Crippen LogP contribution is 2.25. The Balaban J connectivity index is 2.01. The zero-order chi connectivity index (χ0) is 22.8. The summed E-state index contributed by atoms with van der Waals surface area (Å²) in [4.78, 5) is 16.2. The van der Waals surface area contributed by atoms with E-state index in [0.717, 1.165) is 12.8 Å². The number of hydrogen-bond acceptors (Lipinski definition) is 5. The molecule has 1 heterocycles. The standard InChI is InChI=1S/C24H32FN5O/c1-4-7-8-9-21(27)23(17-26)30-14-12-29(13-15-30)22-11-10-19(16-20(22)25)28-24(31)18(5-2)6-3/h4,7-11,16,18,23H,1,5-6,12-15,27H2,2-3H3,(H,28,31)/b8-7-,21-9-. The number of nitriles is 1. The number of halogens is 1. The van der Waals surface area contributed by atoms with Crippen LogP contribution < -0.4 is 16.0 Å². The fourth-order valence-corrected chi connectivity index (χ4v) is 3.67. The van der Waals surface area contributed by atoms with E-state index in [1.807, 2.05) is 23.6 Å². The van der Waals surface area contributed by atoms with Crippen LogP contribution in [-0.4, -0.2) is 43.0 Å². The molecule has 1 fully saturated rings. The fourth-order valence-electron chi connectivity index (χ4n) is 3.67. The van der Waals surface area contributed by atoms with Crippen molar-refractivity contribution in [3.63, 3.8) is 0 Å². The molecular weight excluding hydrogens is 393 g/mol. The lowest BCUT2D eigenvalue weighted by Crippen LogP contribution is -2.51. The molecule has 0 spiro atoms. The van der Waals surface area contributed by atoms with Gasteiger partial charge >= 0.3 is 0 Å². The number of carbonyl (C=O) groups is 1. The molecule has 1 aromatic carbocycles. The van der Waals surface area contributed by atoms with E-state index in [9.17, 15) is 14.4 Å². The number of benzene rings is 1. The molecule has 166 valence electrons. The van der Waals surface area contributed by atoms with Crippen LogP contribution in [0.5, 0.6) is 0 Å². The van der Waals surface area contributed by atoms with Gasteiger partial charge in [-0.05, 0) is 37.1 Å². The first-order valence-electron chi connectivity index (χ1n) is 10.7. The van der Waals surface area contributed by atoms with Crippen molar-refractivity contribution in [2.75, 3.05) is 36.4 Å². The molecule has 0 bridgehead atoms. The van der Waals surface area contributed by atoms with Crippen molar-refractivity contribution in [3.8, 4) is 6.07 Å². The predicted octanol–water partition coefficient (Wildman–Crippen LogP) is 3.80. The lowest BCUT2D eigenvalue weighted by atomic mass is 10.0. The normalized spacial score (nSPS) is 16.4. The summed E-state index contributed by atoms with van der Waals surface area (Å²) in [6.07, 6.45) is 8.35. The van der Waals surface area contributed by atoms with Gasteiger partial charge in [-0.2, -0.15) is 5.26 Å². The minimum absolute atomic E-state index is 0.0716. The van der Waals surface area contributed by atoms with Gasteiger partial charge in [0.25, 0.3) is 0 Å². The van der Waals surface area contributed by atoms with Crippen molar-refractivity contribution in [1.29, 1.82) is 5.26 Å². The van der Waals surface area contributed by atoms with Crippen molar-refractivity contribution in [3.05, 3.63) is 60.6 Å². The number of rotatable bonds is 9. The van der Waals surface area contributed by atoms with Crippen LogP contribution in [0, 0.1) is 23.1 Å². The number of allylic oxidation sites excluding steroid dienone is 4. The van der Waals surface area contributed by atoms with Gasteiger partial charge in [0.05, 0.1) is 11.8 Å². The monoisotopic (exact) mass is 425 g/mol. The third-order valence-electron chi connectivity index (χ3n) is 5.57. The first-order valence-corrected chi connectivity index (χ1v) is 10.7. The number of piperazine rings is 1. The summed E-state index contributed by atoms with van der Waals surface area (Å²) in [6.45, 7) is 9.86. The molecule has 1 amide bonds. The lowest BCUT2D eigenvalue weighted by molar-refractivity contribution is -0.120. The molecule has 0 aromatic heterocycles. The van der Waals surface area contributed by atoms with Crippen LogP contribution in [0.25, 0.3) is 0 Å². The molecule has 3 N–H and O–H groups in total. The maximum Gasteiger partial charge on any atom is 0.227 e. The molecular formula is C24H32FN5O. The summed E-state index contributed by atoms with van der Waals surface area (Å²) in [5.74, 6) is -0.527. The van der Waals surface area contributed by atoms with Crippen molar-refractivity contribution in [2.24, 2.45) is 11.7 Å². The van der Waals surface area contributed by atoms with E-state index in [4.69, 9.17) is 5.73 Å². The maximum atomic E-state index is 14.8. The first-order chi connectivity index (χ1) is 14.9. The quantitative estimate of drug-likeness (QED) is 0.588. The van der Waals surface area contributed by atoms with Crippen molar-refractivity contribution < 1.29 is 9.18 Å². The molecule has 1 saturated heterocycles. The number of carbonyl (C=O) groups excluding carboxylic acids is 1. The molecule has 2 rings (SSSR count). The molecule has 1 unspecified atom stereocenters. The van der Waals surface area contributed by atoms with Gasteiger partial charge in [-0.3, -0.25) is 9.69 Å². The van der Waals surface area contributed by atoms with E-state index in [1.165, 1.54) is 6.07 Å². The molecule has 0 aliphatic carbocycles. The minimum Gasteiger partial charge on any atom is -0.400 e. The lowest BCUT2D eigenvalue weighted by Gasteiger charge is -2.38. The third-order valence-corrected chi connectivity index (χ3v) is 5.57. The Labute approximate surface area is 184 Å². The largest absolute Gasteiger partial charge is 0.400 e.